The van der Waals surface area contributed by atoms with Crippen molar-refractivity contribution in [2.45, 2.75) is 53.0 Å². The summed E-state index contributed by atoms with van der Waals surface area (Å²) >= 11 is 0. The third-order valence-corrected chi connectivity index (χ3v) is 4.22. The maximum atomic E-state index is 13.3. The van der Waals surface area contributed by atoms with Gasteiger partial charge in [-0.15, -0.1) is 0 Å². The van der Waals surface area contributed by atoms with E-state index >= 15 is 0 Å². The number of rotatable bonds is 10. The Bertz CT molecular complexity index is 561. The lowest BCUT2D eigenvalue weighted by atomic mass is 9.81. The van der Waals surface area contributed by atoms with Gasteiger partial charge in [0.05, 0.1) is 13.2 Å². The van der Waals surface area contributed by atoms with Crippen molar-refractivity contribution in [2.75, 3.05) is 13.2 Å². The second-order valence-corrected chi connectivity index (χ2v) is 6.60. The summed E-state index contributed by atoms with van der Waals surface area (Å²) in [7, 11) is 0. The predicted molar refractivity (Wildman–Crippen MR) is 93.9 cm³/mol. The first-order chi connectivity index (χ1) is 11.8. The summed E-state index contributed by atoms with van der Waals surface area (Å²) in [6.07, 6.45) is 4.82. The van der Waals surface area contributed by atoms with Gasteiger partial charge in [0.25, 0.3) is 0 Å². The molecule has 25 heavy (non-hydrogen) atoms. The Morgan fingerprint density at radius 1 is 1.00 bits per heavy atom. The van der Waals surface area contributed by atoms with Crippen LogP contribution in [0.4, 0.5) is 0 Å². The molecule has 0 radical (unpaired) electrons. The number of carbonyl (C=O) groups excluding carboxylic acids is 3. The highest BCUT2D eigenvalue weighted by molar-refractivity contribution is 6.17. The van der Waals surface area contributed by atoms with Crippen LogP contribution in [-0.4, -0.2) is 35.5 Å². The van der Waals surface area contributed by atoms with Crippen LogP contribution in [-0.2, 0) is 29.4 Å². The first kappa shape index (κ1) is 20.9. The summed E-state index contributed by atoms with van der Waals surface area (Å²) in [4.78, 5) is 37.9. The maximum Gasteiger partial charge on any atom is 0.328 e. The van der Waals surface area contributed by atoms with E-state index in [-0.39, 0.29) is 13.2 Å². The van der Waals surface area contributed by atoms with Crippen molar-refractivity contribution in [3.05, 3.63) is 24.5 Å². The molecule has 0 spiro atoms. The molecule has 6 heteroatoms. The largest absolute Gasteiger partial charge is 0.465 e. The highest BCUT2D eigenvalue weighted by atomic mass is 16.6. The molecular formula is C19H29NO5. The first-order valence-corrected chi connectivity index (χ1v) is 8.78. The minimum atomic E-state index is -1.57. The van der Waals surface area contributed by atoms with Gasteiger partial charge < -0.3 is 14.0 Å². The Labute approximate surface area is 149 Å². The smallest absolute Gasteiger partial charge is 0.328 e. The third kappa shape index (κ3) is 5.18. The summed E-state index contributed by atoms with van der Waals surface area (Å²) in [5, 5.41) is 0. The van der Waals surface area contributed by atoms with E-state index in [1.54, 1.807) is 37.7 Å². The van der Waals surface area contributed by atoms with Gasteiger partial charge in [0.1, 0.15) is 5.54 Å². The SMILES string of the molecule is CCOC(=O)C(C(=O)OCC)C(=O)C(C)(CCC(C)C)n1cccc1. The molecule has 0 amide bonds. The minimum absolute atomic E-state index is 0.0915. The maximum absolute atomic E-state index is 13.3. The van der Waals surface area contributed by atoms with Crippen molar-refractivity contribution in [3.8, 4) is 0 Å². The molecule has 0 bridgehead atoms. The minimum Gasteiger partial charge on any atom is -0.465 e. The van der Waals surface area contributed by atoms with Gasteiger partial charge in [0, 0.05) is 12.4 Å². The second kappa shape index (κ2) is 9.39. The highest BCUT2D eigenvalue weighted by Gasteiger charge is 2.47. The zero-order chi connectivity index (χ0) is 19.0. The molecule has 1 atom stereocenters. The van der Waals surface area contributed by atoms with Gasteiger partial charge in [-0.05, 0) is 51.7 Å². The molecule has 0 N–H and O–H groups in total. The fraction of sp³-hybridized carbons (Fsp3) is 0.632. The van der Waals surface area contributed by atoms with E-state index in [1.807, 2.05) is 12.1 Å². The van der Waals surface area contributed by atoms with Gasteiger partial charge in [-0.1, -0.05) is 13.8 Å². The van der Waals surface area contributed by atoms with Crippen molar-refractivity contribution in [1.82, 2.24) is 4.57 Å². The van der Waals surface area contributed by atoms with Crippen LogP contribution in [0.1, 0.15) is 47.5 Å². The molecule has 0 aliphatic rings. The van der Waals surface area contributed by atoms with E-state index in [9.17, 15) is 14.4 Å². The average Bonchev–Trinajstić information content (AvgIpc) is 3.08. The first-order valence-electron chi connectivity index (χ1n) is 8.78. The third-order valence-electron chi connectivity index (χ3n) is 4.22. The van der Waals surface area contributed by atoms with E-state index in [2.05, 4.69) is 13.8 Å². The van der Waals surface area contributed by atoms with Crippen LogP contribution in [0.5, 0.6) is 0 Å². The van der Waals surface area contributed by atoms with Gasteiger partial charge in [-0.3, -0.25) is 14.4 Å². The van der Waals surface area contributed by atoms with Crippen LogP contribution in [0.3, 0.4) is 0 Å². The number of esters is 2. The molecule has 0 saturated heterocycles. The molecule has 0 saturated carbocycles. The zero-order valence-corrected chi connectivity index (χ0v) is 15.8. The number of hydrogen-bond donors (Lipinski definition) is 0. The Morgan fingerprint density at radius 2 is 1.48 bits per heavy atom. The lowest BCUT2D eigenvalue weighted by molar-refractivity contribution is -0.166. The van der Waals surface area contributed by atoms with Crippen LogP contribution in [0.15, 0.2) is 24.5 Å². The summed E-state index contributed by atoms with van der Waals surface area (Å²) in [5.41, 5.74) is -1.03. The number of ketones is 1. The van der Waals surface area contributed by atoms with Crippen molar-refractivity contribution in [2.24, 2.45) is 11.8 Å². The summed E-state index contributed by atoms with van der Waals surface area (Å²) < 4.78 is 11.7. The Balaban J connectivity index is 3.25. The van der Waals surface area contributed by atoms with E-state index in [0.29, 0.717) is 12.3 Å². The van der Waals surface area contributed by atoms with Crippen LogP contribution >= 0.6 is 0 Å². The molecule has 1 aromatic heterocycles. The van der Waals surface area contributed by atoms with Crippen LogP contribution in [0.25, 0.3) is 0 Å². The average molecular weight is 351 g/mol. The van der Waals surface area contributed by atoms with E-state index in [1.165, 1.54) is 0 Å². The number of ether oxygens (including phenoxy) is 2. The molecule has 0 fully saturated rings. The Morgan fingerprint density at radius 3 is 1.88 bits per heavy atom. The lowest BCUT2D eigenvalue weighted by Gasteiger charge is -2.33. The molecule has 1 aromatic rings. The van der Waals surface area contributed by atoms with Gasteiger partial charge in [0.2, 0.25) is 5.92 Å². The Kier molecular flexibility index (Phi) is 7.87. The van der Waals surface area contributed by atoms with Crippen molar-refractivity contribution in [1.29, 1.82) is 0 Å². The normalized spacial score (nSPS) is 13.6. The number of nitrogens with zero attached hydrogens (tertiary/aromatic N) is 1. The standard InChI is InChI=1S/C19H29NO5/c1-6-24-17(22)15(18(23)25-7-2)16(21)19(5,11-10-14(3)4)20-12-8-9-13-20/h8-9,12-15H,6-7,10-11H2,1-5H3. The molecule has 1 unspecified atom stereocenters. The molecule has 6 nitrogen and oxygen atoms in total. The number of aromatic nitrogens is 1. The van der Waals surface area contributed by atoms with Gasteiger partial charge in [-0.25, -0.2) is 0 Å². The quantitative estimate of drug-likeness (QED) is 0.478. The van der Waals surface area contributed by atoms with Crippen molar-refractivity contribution < 1.29 is 23.9 Å². The van der Waals surface area contributed by atoms with Crippen molar-refractivity contribution >= 4 is 17.7 Å². The van der Waals surface area contributed by atoms with E-state index in [4.69, 9.17) is 9.47 Å². The molecule has 1 rings (SSSR count). The van der Waals surface area contributed by atoms with Crippen LogP contribution in [0.2, 0.25) is 0 Å². The highest BCUT2D eigenvalue weighted by Crippen LogP contribution is 2.30. The lowest BCUT2D eigenvalue weighted by Crippen LogP contribution is -2.48. The zero-order valence-electron chi connectivity index (χ0n) is 15.8. The van der Waals surface area contributed by atoms with Gasteiger partial charge >= 0.3 is 11.9 Å². The molecule has 0 aliphatic carbocycles. The molecule has 0 aliphatic heterocycles. The number of Topliss-reactive ketones (excluding diaryl/α,β-unsaturated/α-hetero) is 1. The van der Waals surface area contributed by atoms with Crippen LogP contribution < -0.4 is 0 Å². The summed E-state index contributed by atoms with van der Waals surface area (Å²) in [6.45, 7) is 9.33. The van der Waals surface area contributed by atoms with Gasteiger partial charge in [-0.2, -0.15) is 0 Å². The molecular weight excluding hydrogens is 322 g/mol. The molecule has 1 heterocycles. The van der Waals surface area contributed by atoms with E-state index in [0.717, 1.165) is 6.42 Å². The molecule has 140 valence electrons. The fourth-order valence-electron chi connectivity index (χ4n) is 2.69. The molecule has 0 aromatic carbocycles. The van der Waals surface area contributed by atoms with Crippen LogP contribution in [0, 0.1) is 11.8 Å². The fourth-order valence-corrected chi connectivity index (χ4v) is 2.69. The topological polar surface area (TPSA) is 74.6 Å². The predicted octanol–water partition coefficient (Wildman–Crippen LogP) is 2.95. The van der Waals surface area contributed by atoms with Gasteiger partial charge in [0.15, 0.2) is 5.78 Å². The monoisotopic (exact) mass is 351 g/mol. The number of hydrogen-bond acceptors (Lipinski definition) is 5. The number of carbonyl (C=O) groups is 3. The summed E-state index contributed by atoms with van der Waals surface area (Å²) in [5.74, 6) is -3.39. The summed E-state index contributed by atoms with van der Waals surface area (Å²) in [6, 6.07) is 3.62. The Hall–Kier alpha value is -2.11. The van der Waals surface area contributed by atoms with E-state index < -0.39 is 29.2 Å². The second-order valence-electron chi connectivity index (χ2n) is 6.60. The van der Waals surface area contributed by atoms with Crippen molar-refractivity contribution in [3.63, 3.8) is 0 Å².